The molecule has 1 unspecified atom stereocenters. The number of hydrogen-bond donors (Lipinski definition) is 0. The van der Waals surface area contributed by atoms with Gasteiger partial charge in [0.15, 0.2) is 11.5 Å². The molecule has 1 aliphatic rings. The van der Waals surface area contributed by atoms with Crippen molar-refractivity contribution in [3.05, 3.63) is 47.8 Å². The van der Waals surface area contributed by atoms with E-state index >= 15 is 0 Å². The molecule has 8 nitrogen and oxygen atoms in total. The first kappa shape index (κ1) is 22.4. The van der Waals surface area contributed by atoms with Crippen molar-refractivity contribution in [3.63, 3.8) is 0 Å². The summed E-state index contributed by atoms with van der Waals surface area (Å²) in [5.74, 6) is 1.80. The summed E-state index contributed by atoms with van der Waals surface area (Å²) in [5.41, 5.74) is 1.83. The molecular formula is C23H28N4O4. The zero-order valence-electron chi connectivity index (χ0n) is 18.2. The quantitative estimate of drug-likeness (QED) is 0.643. The highest BCUT2D eigenvalue weighted by Crippen LogP contribution is 2.38. The van der Waals surface area contributed by atoms with Gasteiger partial charge in [-0.25, -0.2) is 0 Å². The third-order valence-corrected chi connectivity index (χ3v) is 5.51. The van der Waals surface area contributed by atoms with Crippen LogP contribution in [0.15, 0.2) is 36.7 Å². The van der Waals surface area contributed by atoms with Crippen LogP contribution in [0.4, 0.5) is 0 Å². The molecule has 1 aromatic carbocycles. The number of amides is 1. The van der Waals surface area contributed by atoms with Gasteiger partial charge in [0.2, 0.25) is 11.7 Å². The van der Waals surface area contributed by atoms with Crippen molar-refractivity contribution in [2.24, 2.45) is 0 Å². The van der Waals surface area contributed by atoms with Crippen LogP contribution in [0.5, 0.6) is 17.2 Å². The molecule has 8 heteroatoms. The van der Waals surface area contributed by atoms with Crippen molar-refractivity contribution in [3.8, 4) is 23.3 Å². The Morgan fingerprint density at radius 3 is 2.32 bits per heavy atom. The van der Waals surface area contributed by atoms with Crippen LogP contribution in [0.3, 0.4) is 0 Å². The maximum atomic E-state index is 12.8. The normalized spacial score (nSPS) is 15.1. The van der Waals surface area contributed by atoms with E-state index in [1.807, 2.05) is 29.2 Å². The maximum absolute atomic E-state index is 12.8. The van der Waals surface area contributed by atoms with Crippen LogP contribution >= 0.6 is 0 Å². The zero-order valence-corrected chi connectivity index (χ0v) is 18.2. The first-order valence-corrected chi connectivity index (χ1v) is 10.2. The molecule has 0 aliphatic carbocycles. The number of hydrogen-bond acceptors (Lipinski definition) is 7. The predicted octanol–water partition coefficient (Wildman–Crippen LogP) is 2.45. The van der Waals surface area contributed by atoms with E-state index in [2.05, 4.69) is 16.0 Å². The molecule has 1 atom stereocenters. The number of pyridine rings is 1. The molecule has 3 rings (SSSR count). The fourth-order valence-corrected chi connectivity index (χ4v) is 3.82. The number of carbonyl (C=O) groups excluding carboxylic acids is 1. The molecule has 0 radical (unpaired) electrons. The fourth-order valence-electron chi connectivity index (χ4n) is 3.82. The lowest BCUT2D eigenvalue weighted by Crippen LogP contribution is -2.49. The molecular weight excluding hydrogens is 396 g/mol. The zero-order chi connectivity index (χ0) is 22.2. The molecule has 0 N–H and O–H groups in total. The number of nitrogens with zero attached hydrogens (tertiary/aromatic N) is 4. The summed E-state index contributed by atoms with van der Waals surface area (Å²) in [6.45, 7) is 2.52. The number of benzene rings is 1. The van der Waals surface area contributed by atoms with Gasteiger partial charge in [-0.15, -0.1) is 0 Å². The molecule has 1 saturated heterocycles. The number of ether oxygens (including phenoxy) is 3. The highest BCUT2D eigenvalue weighted by Gasteiger charge is 2.27. The standard InChI is InChI=1S/C23H28N4O4/c1-29-20-13-17(14-21(30-2)23(20)31-3)6-7-22(28)27-11-9-26(10-12-27)19(15-24)18-5-4-8-25-16-18/h4-5,8,13-14,16,19H,6-7,9-12H2,1-3H3. The summed E-state index contributed by atoms with van der Waals surface area (Å²) in [4.78, 5) is 20.8. The molecule has 31 heavy (non-hydrogen) atoms. The Bertz CT molecular complexity index is 896. The van der Waals surface area contributed by atoms with Crippen molar-refractivity contribution in [1.29, 1.82) is 5.26 Å². The Labute approximate surface area is 182 Å². The summed E-state index contributed by atoms with van der Waals surface area (Å²) in [6, 6.07) is 9.51. The third-order valence-electron chi connectivity index (χ3n) is 5.51. The Kier molecular flexibility index (Phi) is 7.68. The topological polar surface area (TPSA) is 87.9 Å². The van der Waals surface area contributed by atoms with E-state index in [9.17, 15) is 10.1 Å². The molecule has 0 bridgehead atoms. The second kappa shape index (κ2) is 10.6. The number of rotatable bonds is 8. The average molecular weight is 425 g/mol. The first-order chi connectivity index (χ1) is 15.1. The van der Waals surface area contributed by atoms with Gasteiger partial charge < -0.3 is 19.1 Å². The fraction of sp³-hybridized carbons (Fsp3) is 0.435. The van der Waals surface area contributed by atoms with Crippen LogP contribution in [0.2, 0.25) is 0 Å². The van der Waals surface area contributed by atoms with Crippen molar-refractivity contribution in [2.75, 3.05) is 47.5 Å². The predicted molar refractivity (Wildman–Crippen MR) is 115 cm³/mol. The smallest absolute Gasteiger partial charge is 0.222 e. The van der Waals surface area contributed by atoms with E-state index in [4.69, 9.17) is 14.2 Å². The maximum Gasteiger partial charge on any atom is 0.222 e. The number of piperazine rings is 1. The number of nitriles is 1. The number of aryl methyl sites for hydroxylation is 1. The second-order valence-electron chi connectivity index (χ2n) is 7.27. The number of methoxy groups -OCH3 is 3. The van der Waals surface area contributed by atoms with E-state index in [0.717, 1.165) is 11.1 Å². The molecule has 1 aromatic heterocycles. The van der Waals surface area contributed by atoms with E-state index in [1.165, 1.54) is 0 Å². The van der Waals surface area contributed by atoms with Crippen molar-refractivity contribution in [1.82, 2.24) is 14.8 Å². The minimum absolute atomic E-state index is 0.100. The molecule has 1 aliphatic heterocycles. The van der Waals surface area contributed by atoms with Crippen LogP contribution in [-0.2, 0) is 11.2 Å². The highest BCUT2D eigenvalue weighted by molar-refractivity contribution is 5.76. The van der Waals surface area contributed by atoms with Crippen LogP contribution in [-0.4, -0.2) is 68.2 Å². The SMILES string of the molecule is COc1cc(CCC(=O)N2CCN(C(C#N)c3cccnc3)CC2)cc(OC)c1OC. The Morgan fingerprint density at radius 1 is 1.13 bits per heavy atom. The lowest BCUT2D eigenvalue weighted by Gasteiger charge is -2.37. The minimum Gasteiger partial charge on any atom is -0.493 e. The summed E-state index contributed by atoms with van der Waals surface area (Å²) in [7, 11) is 4.71. The first-order valence-electron chi connectivity index (χ1n) is 10.2. The van der Waals surface area contributed by atoms with Gasteiger partial charge in [0.25, 0.3) is 0 Å². The lowest BCUT2D eigenvalue weighted by molar-refractivity contribution is -0.133. The van der Waals surface area contributed by atoms with E-state index < -0.39 is 0 Å². The van der Waals surface area contributed by atoms with E-state index in [0.29, 0.717) is 56.3 Å². The van der Waals surface area contributed by atoms with Crippen molar-refractivity contribution in [2.45, 2.75) is 18.9 Å². The summed E-state index contributed by atoms with van der Waals surface area (Å²) >= 11 is 0. The minimum atomic E-state index is -0.342. The van der Waals surface area contributed by atoms with Gasteiger partial charge in [0, 0.05) is 50.6 Å². The molecule has 1 fully saturated rings. The summed E-state index contributed by atoms with van der Waals surface area (Å²) in [6.07, 6.45) is 4.39. The van der Waals surface area contributed by atoms with Crippen LogP contribution in [0.25, 0.3) is 0 Å². The van der Waals surface area contributed by atoms with Gasteiger partial charge >= 0.3 is 0 Å². The van der Waals surface area contributed by atoms with Crippen LogP contribution in [0, 0.1) is 11.3 Å². The Balaban J connectivity index is 1.57. The third kappa shape index (κ3) is 5.25. The molecule has 2 aromatic rings. The van der Waals surface area contributed by atoms with E-state index in [-0.39, 0.29) is 11.9 Å². The number of aromatic nitrogens is 1. The molecule has 2 heterocycles. The van der Waals surface area contributed by atoms with Crippen LogP contribution < -0.4 is 14.2 Å². The van der Waals surface area contributed by atoms with Gasteiger partial charge in [0.1, 0.15) is 6.04 Å². The summed E-state index contributed by atoms with van der Waals surface area (Å²) in [5, 5.41) is 9.61. The van der Waals surface area contributed by atoms with Crippen LogP contribution in [0.1, 0.15) is 23.6 Å². The monoisotopic (exact) mass is 424 g/mol. The second-order valence-corrected chi connectivity index (χ2v) is 7.27. The number of carbonyl (C=O) groups is 1. The van der Waals surface area contributed by atoms with Gasteiger partial charge in [-0.1, -0.05) is 6.07 Å². The molecule has 1 amide bonds. The Hall–Kier alpha value is -3.31. The Morgan fingerprint density at radius 2 is 1.81 bits per heavy atom. The molecule has 164 valence electrons. The van der Waals surface area contributed by atoms with Crippen molar-refractivity contribution < 1.29 is 19.0 Å². The van der Waals surface area contributed by atoms with E-state index in [1.54, 1.807) is 33.7 Å². The van der Waals surface area contributed by atoms with Gasteiger partial charge in [-0.2, -0.15) is 5.26 Å². The van der Waals surface area contributed by atoms with Crippen molar-refractivity contribution >= 4 is 5.91 Å². The van der Waals surface area contributed by atoms with Gasteiger partial charge in [-0.05, 0) is 30.2 Å². The van der Waals surface area contributed by atoms with Gasteiger partial charge in [0.05, 0.1) is 27.4 Å². The highest BCUT2D eigenvalue weighted by atomic mass is 16.5. The van der Waals surface area contributed by atoms with Gasteiger partial charge in [-0.3, -0.25) is 14.7 Å². The molecule has 0 saturated carbocycles. The average Bonchev–Trinajstić information content (AvgIpc) is 2.83. The molecule has 0 spiro atoms. The largest absolute Gasteiger partial charge is 0.493 e. The summed E-state index contributed by atoms with van der Waals surface area (Å²) < 4.78 is 16.1. The lowest BCUT2D eigenvalue weighted by atomic mass is 10.1.